The van der Waals surface area contributed by atoms with Gasteiger partial charge >= 0.3 is 0 Å². The summed E-state index contributed by atoms with van der Waals surface area (Å²) in [5, 5.41) is 0. The first-order chi connectivity index (χ1) is 9.37. The topological polar surface area (TPSA) is 55.8 Å². The van der Waals surface area contributed by atoms with Crippen molar-refractivity contribution in [3.8, 4) is 11.5 Å². The van der Waals surface area contributed by atoms with Crippen LogP contribution in [0.5, 0.6) is 11.5 Å². The second-order valence-electron chi connectivity index (χ2n) is 4.21. The molecular weight excluding hydrogens is 302 g/mol. The summed E-state index contributed by atoms with van der Waals surface area (Å²) in [7, 11) is 4.63. The van der Waals surface area contributed by atoms with Crippen molar-refractivity contribution in [1.29, 1.82) is 0 Å². The lowest BCUT2D eigenvalue weighted by Crippen LogP contribution is -2.23. The Morgan fingerprint density at radius 1 is 1.10 bits per heavy atom. The Morgan fingerprint density at radius 3 is 2.00 bits per heavy atom. The van der Waals surface area contributed by atoms with Crippen LogP contribution in [0.3, 0.4) is 0 Å². The molecule has 0 aliphatic heterocycles. The zero-order chi connectivity index (χ0) is 15.3. The third-order valence-corrected chi connectivity index (χ3v) is 4.52. The van der Waals surface area contributed by atoms with Crippen LogP contribution < -0.4 is 9.47 Å². The Balaban J connectivity index is 3.39. The summed E-state index contributed by atoms with van der Waals surface area (Å²) in [6, 6.07) is 3.06. The van der Waals surface area contributed by atoms with Gasteiger partial charge in [-0.1, -0.05) is 13.8 Å². The van der Waals surface area contributed by atoms with Crippen LogP contribution in [0.2, 0.25) is 0 Å². The second kappa shape index (κ2) is 7.15. The van der Waals surface area contributed by atoms with Gasteiger partial charge in [-0.05, 0) is 24.7 Å². The molecule has 0 saturated carbocycles. The predicted octanol–water partition coefficient (Wildman–Crippen LogP) is 2.47. The van der Waals surface area contributed by atoms with Crippen LogP contribution in [0.15, 0.2) is 17.0 Å². The minimum atomic E-state index is -3.84. The highest BCUT2D eigenvalue weighted by Crippen LogP contribution is 2.34. The summed E-state index contributed by atoms with van der Waals surface area (Å²) < 4.78 is 33.8. The van der Waals surface area contributed by atoms with E-state index in [1.807, 2.05) is 13.8 Å². The molecule has 1 rings (SSSR count). The van der Waals surface area contributed by atoms with Gasteiger partial charge < -0.3 is 9.47 Å². The molecule has 0 heterocycles. The molecule has 0 amide bonds. The van der Waals surface area contributed by atoms with Gasteiger partial charge in [0.15, 0.2) is 11.5 Å². The summed E-state index contributed by atoms with van der Waals surface area (Å²) in [5.74, 6) is 0.828. The van der Waals surface area contributed by atoms with Crippen molar-refractivity contribution in [2.24, 2.45) is 0 Å². The van der Waals surface area contributed by atoms with Crippen molar-refractivity contribution < 1.29 is 17.9 Å². The number of methoxy groups -OCH3 is 2. The van der Waals surface area contributed by atoms with Crippen molar-refractivity contribution in [3.63, 3.8) is 0 Å². The lowest BCUT2D eigenvalue weighted by molar-refractivity contribution is 0.291. The molecule has 5 nitrogen and oxygen atoms in total. The van der Waals surface area contributed by atoms with E-state index in [0.717, 1.165) is 13.1 Å². The fraction of sp³-hybridized carbons (Fsp3) is 0.538. The van der Waals surface area contributed by atoms with Gasteiger partial charge in [-0.15, -0.1) is 0 Å². The molecule has 0 saturated heterocycles. The van der Waals surface area contributed by atoms with E-state index < -0.39 is 9.05 Å². The number of nitrogens with zero attached hydrogens (tertiary/aromatic N) is 1. The van der Waals surface area contributed by atoms with Crippen LogP contribution >= 0.6 is 10.7 Å². The fourth-order valence-electron chi connectivity index (χ4n) is 1.94. The molecule has 0 aliphatic rings. The van der Waals surface area contributed by atoms with E-state index in [4.69, 9.17) is 20.2 Å². The van der Waals surface area contributed by atoms with Gasteiger partial charge in [-0.3, -0.25) is 4.90 Å². The van der Waals surface area contributed by atoms with E-state index in [1.54, 1.807) is 6.07 Å². The van der Waals surface area contributed by atoms with Gasteiger partial charge in [-0.25, -0.2) is 8.42 Å². The summed E-state index contributed by atoms with van der Waals surface area (Å²) >= 11 is 0. The van der Waals surface area contributed by atoms with E-state index in [2.05, 4.69) is 4.90 Å². The number of hydrogen-bond donors (Lipinski definition) is 0. The Hall–Kier alpha value is -0.980. The van der Waals surface area contributed by atoms with Crippen LogP contribution in [-0.4, -0.2) is 40.6 Å². The van der Waals surface area contributed by atoms with Crippen LogP contribution in [0.4, 0.5) is 0 Å². The number of rotatable bonds is 7. The zero-order valence-electron chi connectivity index (χ0n) is 12.1. The van der Waals surface area contributed by atoms with E-state index >= 15 is 0 Å². The van der Waals surface area contributed by atoms with E-state index in [0.29, 0.717) is 23.6 Å². The van der Waals surface area contributed by atoms with Gasteiger partial charge in [0.1, 0.15) is 0 Å². The first-order valence-electron chi connectivity index (χ1n) is 6.29. The molecule has 0 spiro atoms. The molecule has 0 aromatic heterocycles. The van der Waals surface area contributed by atoms with E-state index in [-0.39, 0.29) is 4.90 Å². The van der Waals surface area contributed by atoms with Crippen molar-refractivity contribution in [2.75, 3.05) is 27.3 Å². The third-order valence-electron chi connectivity index (χ3n) is 3.12. The van der Waals surface area contributed by atoms with Crippen molar-refractivity contribution in [3.05, 3.63) is 17.7 Å². The molecule has 7 heteroatoms. The summed E-state index contributed by atoms with van der Waals surface area (Å²) in [4.78, 5) is 2.15. The minimum Gasteiger partial charge on any atom is -0.493 e. The highest BCUT2D eigenvalue weighted by molar-refractivity contribution is 8.13. The lowest BCUT2D eigenvalue weighted by Gasteiger charge is -2.20. The van der Waals surface area contributed by atoms with E-state index in [1.165, 1.54) is 20.3 Å². The SMILES string of the molecule is CCN(CC)Cc1cc(OC)c(OC)cc1S(=O)(=O)Cl. The molecule has 0 aliphatic carbocycles. The number of ether oxygens (including phenoxy) is 2. The standard InChI is InChI=1S/C13H20ClNO4S/c1-5-15(6-2)9-10-7-11(18-3)12(19-4)8-13(10)20(14,16)17/h7-8H,5-6,9H2,1-4H3. The molecule has 1 aromatic carbocycles. The fourth-order valence-corrected chi connectivity index (χ4v) is 3.06. The summed E-state index contributed by atoms with van der Waals surface area (Å²) in [6.45, 7) is 6.13. The van der Waals surface area contributed by atoms with Gasteiger partial charge in [0.25, 0.3) is 9.05 Å². The maximum absolute atomic E-state index is 11.7. The largest absolute Gasteiger partial charge is 0.493 e. The molecule has 0 unspecified atom stereocenters. The normalized spacial score (nSPS) is 11.7. The molecule has 0 N–H and O–H groups in total. The minimum absolute atomic E-state index is 0.0590. The monoisotopic (exact) mass is 321 g/mol. The van der Waals surface area contributed by atoms with Crippen LogP contribution in [0.1, 0.15) is 19.4 Å². The zero-order valence-corrected chi connectivity index (χ0v) is 13.7. The Bertz CT molecular complexity index is 556. The number of hydrogen-bond acceptors (Lipinski definition) is 5. The maximum atomic E-state index is 11.7. The summed E-state index contributed by atoms with van der Waals surface area (Å²) in [5.41, 5.74) is 0.598. The van der Waals surface area contributed by atoms with Crippen LogP contribution in [0.25, 0.3) is 0 Å². The Morgan fingerprint density at radius 2 is 1.60 bits per heavy atom. The second-order valence-corrected chi connectivity index (χ2v) is 6.75. The molecule has 1 aromatic rings. The van der Waals surface area contributed by atoms with Gasteiger partial charge in [0.05, 0.1) is 19.1 Å². The van der Waals surface area contributed by atoms with Gasteiger partial charge in [0, 0.05) is 23.3 Å². The van der Waals surface area contributed by atoms with Crippen molar-refractivity contribution >= 4 is 19.7 Å². The average Bonchev–Trinajstić information content (AvgIpc) is 2.42. The Kier molecular flexibility index (Phi) is 6.10. The molecule has 0 bridgehead atoms. The molecule has 0 fully saturated rings. The highest BCUT2D eigenvalue weighted by Gasteiger charge is 2.21. The highest BCUT2D eigenvalue weighted by atomic mass is 35.7. The third kappa shape index (κ3) is 4.01. The quantitative estimate of drug-likeness (QED) is 0.722. The average molecular weight is 322 g/mol. The number of benzene rings is 1. The van der Waals surface area contributed by atoms with E-state index in [9.17, 15) is 8.42 Å². The summed E-state index contributed by atoms with van der Waals surface area (Å²) in [6.07, 6.45) is 0. The lowest BCUT2D eigenvalue weighted by atomic mass is 10.2. The molecule has 20 heavy (non-hydrogen) atoms. The molecule has 114 valence electrons. The predicted molar refractivity (Wildman–Crippen MR) is 79.2 cm³/mol. The smallest absolute Gasteiger partial charge is 0.261 e. The van der Waals surface area contributed by atoms with Crippen LogP contribution in [-0.2, 0) is 15.6 Å². The molecule has 0 radical (unpaired) electrons. The maximum Gasteiger partial charge on any atom is 0.261 e. The van der Waals surface area contributed by atoms with Gasteiger partial charge in [0.2, 0.25) is 0 Å². The molecular formula is C13H20ClNO4S. The Labute approximate surface area is 124 Å². The molecule has 0 atom stereocenters. The number of halogens is 1. The van der Waals surface area contributed by atoms with Gasteiger partial charge in [-0.2, -0.15) is 0 Å². The van der Waals surface area contributed by atoms with Crippen molar-refractivity contribution in [2.45, 2.75) is 25.3 Å². The van der Waals surface area contributed by atoms with Crippen LogP contribution in [0, 0.1) is 0 Å². The first kappa shape index (κ1) is 17.1. The van der Waals surface area contributed by atoms with Crippen molar-refractivity contribution in [1.82, 2.24) is 4.90 Å². The first-order valence-corrected chi connectivity index (χ1v) is 8.60.